The number of esters is 1. The molecule has 0 spiro atoms. The van der Waals surface area contributed by atoms with Crippen LogP contribution in [0.25, 0.3) is 0 Å². The Bertz CT molecular complexity index is 293. The van der Waals surface area contributed by atoms with Gasteiger partial charge in [0.1, 0.15) is 0 Å². The van der Waals surface area contributed by atoms with Gasteiger partial charge in [-0.25, -0.2) is 13.2 Å². The molecule has 0 aliphatic carbocycles. The topological polar surface area (TPSA) is 80.7 Å². The zero-order valence-corrected chi connectivity index (χ0v) is 7.43. The number of aliphatic hydroxyl groups is 1. The normalized spacial score (nSPS) is 33.2. The van der Waals surface area contributed by atoms with E-state index in [1.54, 1.807) is 0 Å². The summed E-state index contributed by atoms with van der Waals surface area (Å²) in [6, 6.07) is 0. The molecule has 0 aromatic carbocycles. The lowest BCUT2D eigenvalue weighted by molar-refractivity contribution is -0.159. The van der Waals surface area contributed by atoms with Crippen LogP contribution in [-0.4, -0.2) is 43.7 Å². The summed E-state index contributed by atoms with van der Waals surface area (Å²) in [6.45, 7) is 0. The quantitative estimate of drug-likeness (QED) is 0.525. The minimum absolute atomic E-state index is 0.0675. The molecule has 0 aromatic heterocycles. The van der Waals surface area contributed by atoms with E-state index in [9.17, 15) is 18.3 Å². The van der Waals surface area contributed by atoms with Crippen LogP contribution in [0.5, 0.6) is 0 Å². The third kappa shape index (κ3) is 1.59. The van der Waals surface area contributed by atoms with Crippen molar-refractivity contribution in [3.63, 3.8) is 0 Å². The SMILES string of the molecule is COC(=O)C1(O)CCS(=O)(=O)C1. The summed E-state index contributed by atoms with van der Waals surface area (Å²) < 4.78 is 26.1. The molecule has 1 aliphatic heterocycles. The molecule has 1 fully saturated rings. The first-order valence-electron chi connectivity index (χ1n) is 3.41. The smallest absolute Gasteiger partial charge is 0.338 e. The highest BCUT2D eigenvalue weighted by Crippen LogP contribution is 2.24. The fourth-order valence-electron chi connectivity index (χ4n) is 1.18. The second-order valence-corrected chi connectivity index (χ2v) is 5.05. The standard InChI is InChI=1S/C6H10O5S/c1-11-5(7)6(8)2-3-12(9,10)4-6/h8H,2-4H2,1H3. The minimum Gasteiger partial charge on any atom is -0.467 e. The van der Waals surface area contributed by atoms with Gasteiger partial charge in [-0.1, -0.05) is 0 Å². The average Bonchev–Trinajstić information content (AvgIpc) is 2.25. The van der Waals surface area contributed by atoms with Gasteiger partial charge in [-0.2, -0.15) is 0 Å². The van der Waals surface area contributed by atoms with Crippen molar-refractivity contribution in [2.75, 3.05) is 18.6 Å². The van der Waals surface area contributed by atoms with Gasteiger partial charge in [0.25, 0.3) is 0 Å². The lowest BCUT2D eigenvalue weighted by atomic mass is 10.1. The van der Waals surface area contributed by atoms with Crippen molar-refractivity contribution in [1.82, 2.24) is 0 Å². The number of carbonyl (C=O) groups excluding carboxylic acids is 1. The van der Waals surface area contributed by atoms with E-state index in [2.05, 4.69) is 4.74 Å². The molecule has 1 heterocycles. The highest BCUT2D eigenvalue weighted by molar-refractivity contribution is 7.91. The average molecular weight is 194 g/mol. The third-order valence-electron chi connectivity index (χ3n) is 1.85. The lowest BCUT2D eigenvalue weighted by Crippen LogP contribution is -2.40. The first kappa shape index (κ1) is 9.47. The van der Waals surface area contributed by atoms with Crippen molar-refractivity contribution in [3.8, 4) is 0 Å². The number of ether oxygens (including phenoxy) is 1. The molecule has 0 bridgehead atoms. The Morgan fingerprint density at radius 3 is 2.50 bits per heavy atom. The van der Waals surface area contributed by atoms with E-state index in [-0.39, 0.29) is 12.2 Å². The number of carbonyl (C=O) groups is 1. The molecule has 12 heavy (non-hydrogen) atoms. The van der Waals surface area contributed by atoms with Crippen LogP contribution in [0.4, 0.5) is 0 Å². The maximum Gasteiger partial charge on any atom is 0.338 e. The van der Waals surface area contributed by atoms with Gasteiger partial charge in [-0.05, 0) is 0 Å². The molecule has 0 aromatic rings. The second-order valence-electron chi connectivity index (χ2n) is 2.87. The van der Waals surface area contributed by atoms with Gasteiger partial charge in [-0.3, -0.25) is 0 Å². The highest BCUT2D eigenvalue weighted by Gasteiger charge is 2.47. The molecule has 1 rings (SSSR count). The largest absolute Gasteiger partial charge is 0.467 e. The van der Waals surface area contributed by atoms with Crippen LogP contribution in [0.2, 0.25) is 0 Å². The summed E-state index contributed by atoms with van der Waals surface area (Å²) >= 11 is 0. The predicted molar refractivity (Wildman–Crippen MR) is 40.2 cm³/mol. The highest BCUT2D eigenvalue weighted by atomic mass is 32.2. The molecule has 5 nitrogen and oxygen atoms in total. The summed E-state index contributed by atoms with van der Waals surface area (Å²) in [5, 5.41) is 9.44. The van der Waals surface area contributed by atoms with Gasteiger partial charge in [0.05, 0.1) is 18.6 Å². The maximum atomic E-state index is 10.9. The van der Waals surface area contributed by atoms with Gasteiger partial charge in [0, 0.05) is 6.42 Å². The van der Waals surface area contributed by atoms with Crippen molar-refractivity contribution in [1.29, 1.82) is 0 Å². The fourth-order valence-corrected chi connectivity index (χ4v) is 2.97. The van der Waals surface area contributed by atoms with E-state index in [1.807, 2.05) is 0 Å². The molecule has 1 N–H and O–H groups in total. The molecule has 1 atom stereocenters. The Hall–Kier alpha value is -0.620. The van der Waals surface area contributed by atoms with Crippen molar-refractivity contribution in [3.05, 3.63) is 0 Å². The molecule has 1 saturated heterocycles. The first-order chi connectivity index (χ1) is 5.40. The monoisotopic (exact) mass is 194 g/mol. The van der Waals surface area contributed by atoms with Gasteiger partial charge >= 0.3 is 5.97 Å². The molecule has 0 amide bonds. The van der Waals surface area contributed by atoms with Crippen LogP contribution in [0, 0.1) is 0 Å². The predicted octanol–water partition coefficient (Wildman–Crippen LogP) is -1.29. The van der Waals surface area contributed by atoms with E-state index < -0.39 is 27.2 Å². The molecule has 1 aliphatic rings. The fraction of sp³-hybridized carbons (Fsp3) is 0.833. The van der Waals surface area contributed by atoms with Gasteiger partial charge < -0.3 is 9.84 Å². The van der Waals surface area contributed by atoms with Crippen LogP contribution in [0.1, 0.15) is 6.42 Å². The lowest BCUT2D eigenvalue weighted by Gasteiger charge is -2.16. The minimum atomic E-state index is -3.26. The van der Waals surface area contributed by atoms with Crippen LogP contribution >= 0.6 is 0 Å². The molecule has 0 radical (unpaired) electrons. The molecule has 0 saturated carbocycles. The Labute approximate surface area is 70.3 Å². The van der Waals surface area contributed by atoms with Crippen molar-refractivity contribution in [2.24, 2.45) is 0 Å². The zero-order valence-electron chi connectivity index (χ0n) is 6.61. The molecular weight excluding hydrogens is 184 g/mol. The number of hydrogen-bond acceptors (Lipinski definition) is 5. The van der Waals surface area contributed by atoms with Crippen LogP contribution in [0.15, 0.2) is 0 Å². The van der Waals surface area contributed by atoms with E-state index >= 15 is 0 Å². The summed E-state index contributed by atoms with van der Waals surface area (Å²) in [6.07, 6.45) is -0.0675. The number of sulfone groups is 1. The Balaban J connectivity index is 2.85. The van der Waals surface area contributed by atoms with E-state index in [0.29, 0.717) is 0 Å². The van der Waals surface area contributed by atoms with E-state index in [1.165, 1.54) is 0 Å². The number of rotatable bonds is 1. The summed E-state index contributed by atoms with van der Waals surface area (Å²) in [7, 11) is -2.14. The van der Waals surface area contributed by atoms with Crippen molar-refractivity contribution >= 4 is 15.8 Å². The van der Waals surface area contributed by atoms with Gasteiger partial charge in [-0.15, -0.1) is 0 Å². The van der Waals surface area contributed by atoms with Crippen molar-refractivity contribution < 1.29 is 23.1 Å². The van der Waals surface area contributed by atoms with Crippen LogP contribution < -0.4 is 0 Å². The van der Waals surface area contributed by atoms with Crippen LogP contribution in [-0.2, 0) is 19.4 Å². The van der Waals surface area contributed by atoms with E-state index in [0.717, 1.165) is 7.11 Å². The summed E-state index contributed by atoms with van der Waals surface area (Å²) in [5.74, 6) is -1.55. The molecule has 6 heteroatoms. The Kier molecular flexibility index (Phi) is 2.13. The summed E-state index contributed by atoms with van der Waals surface area (Å²) in [5.41, 5.74) is -1.81. The number of methoxy groups -OCH3 is 1. The zero-order chi connectivity index (χ0) is 9.41. The Morgan fingerprint density at radius 2 is 2.17 bits per heavy atom. The van der Waals surface area contributed by atoms with Crippen LogP contribution in [0.3, 0.4) is 0 Å². The number of hydrogen-bond donors (Lipinski definition) is 1. The van der Waals surface area contributed by atoms with Gasteiger partial charge in [0.15, 0.2) is 15.4 Å². The van der Waals surface area contributed by atoms with Gasteiger partial charge in [0.2, 0.25) is 0 Å². The molecule has 1 unspecified atom stereocenters. The molecular formula is C6H10O5S. The van der Waals surface area contributed by atoms with Crippen molar-refractivity contribution in [2.45, 2.75) is 12.0 Å². The first-order valence-corrected chi connectivity index (χ1v) is 5.23. The second kappa shape index (κ2) is 2.70. The maximum absolute atomic E-state index is 10.9. The molecule has 70 valence electrons. The Morgan fingerprint density at radius 1 is 1.58 bits per heavy atom. The third-order valence-corrected chi connectivity index (χ3v) is 3.59. The summed E-state index contributed by atoms with van der Waals surface area (Å²) in [4.78, 5) is 10.9. The van der Waals surface area contributed by atoms with E-state index in [4.69, 9.17) is 0 Å².